The van der Waals surface area contributed by atoms with Gasteiger partial charge in [-0.1, -0.05) is 206 Å². The molecule has 0 radical (unpaired) electrons. The van der Waals surface area contributed by atoms with Crippen molar-refractivity contribution >= 4 is 111 Å². The summed E-state index contributed by atoms with van der Waals surface area (Å²) in [5, 5.41) is 8.81. The second-order valence-electron chi connectivity index (χ2n) is 19.3. The predicted octanol–water partition coefficient (Wildman–Crippen LogP) is 8.71. The molecule has 320 valence electrons. The van der Waals surface area contributed by atoms with Crippen molar-refractivity contribution in [3.63, 3.8) is 0 Å². The zero-order valence-corrected chi connectivity index (χ0v) is 40.0. The monoisotopic (exact) mass is 930 g/mol. The first-order valence-electron chi connectivity index (χ1n) is 23.9. The van der Waals surface area contributed by atoms with Gasteiger partial charge < -0.3 is 18.8 Å². The van der Waals surface area contributed by atoms with Crippen molar-refractivity contribution in [1.29, 1.82) is 0 Å². The second-order valence-corrected chi connectivity index (χ2v) is 28.6. The Morgan fingerprint density at radius 1 is 0.304 bits per heavy atom. The minimum Gasteiger partial charge on any atom is -0.373 e. The van der Waals surface area contributed by atoms with Gasteiger partial charge in [0.1, 0.15) is 14.0 Å². The van der Waals surface area contributed by atoms with Crippen molar-refractivity contribution in [3.05, 3.63) is 231 Å². The standard InChI is InChI=1S/C60H38B2N2O2P2Si/c65-67-57-35-33-41(37-49(57)47-25-15-31-55(59(47)67)63-53-29-13-9-23-45(53)43-21-7-11-27-51(43)61(63)67)69(39-17-3-1-4-18-39,40-19-5-2-6-20-40)42-34-36-58-50(38-42)48-26-16-32-56-60(48)68(58,66)62-52-28-12-8-22-44(52)46-24-10-14-30-54(46)64(56)62/h1-38H. The summed E-state index contributed by atoms with van der Waals surface area (Å²) in [7, 11) is -9.70. The highest BCUT2D eigenvalue weighted by Crippen LogP contribution is 2.67. The van der Waals surface area contributed by atoms with Crippen LogP contribution < -0.4 is 62.5 Å². The second kappa shape index (κ2) is 13.4. The van der Waals surface area contributed by atoms with Crippen molar-refractivity contribution in [2.24, 2.45) is 0 Å². The van der Waals surface area contributed by atoms with Gasteiger partial charge in [-0.15, -0.1) is 0 Å². The fourth-order valence-electron chi connectivity index (χ4n) is 13.8. The van der Waals surface area contributed by atoms with Crippen molar-refractivity contribution in [1.82, 2.24) is 0 Å². The third-order valence-electron chi connectivity index (χ3n) is 16.3. The van der Waals surface area contributed by atoms with Gasteiger partial charge in [0.15, 0.2) is 8.07 Å². The molecule has 6 aliphatic heterocycles. The lowest BCUT2D eigenvalue weighted by Gasteiger charge is -2.37. The summed E-state index contributed by atoms with van der Waals surface area (Å²) < 4.78 is 33.4. The molecule has 6 heterocycles. The van der Waals surface area contributed by atoms with Crippen LogP contribution in [0.4, 0.5) is 22.7 Å². The number of rotatable bonds is 4. The lowest BCUT2D eigenvalue weighted by Crippen LogP contribution is -2.75. The van der Waals surface area contributed by atoms with E-state index in [0.717, 1.165) is 88.3 Å². The molecule has 0 amide bonds. The van der Waals surface area contributed by atoms with Crippen LogP contribution in [0, 0.1) is 0 Å². The number of benzene rings is 10. The van der Waals surface area contributed by atoms with Crippen LogP contribution in [0.25, 0.3) is 44.5 Å². The van der Waals surface area contributed by atoms with Crippen LogP contribution >= 0.6 is 14.0 Å². The molecule has 0 aliphatic carbocycles. The van der Waals surface area contributed by atoms with E-state index in [1.54, 1.807) is 0 Å². The molecule has 0 saturated heterocycles. The Morgan fingerprint density at radius 2 is 0.667 bits per heavy atom. The molecule has 69 heavy (non-hydrogen) atoms. The van der Waals surface area contributed by atoms with Crippen LogP contribution in [0.15, 0.2) is 231 Å². The zero-order valence-electron chi connectivity index (χ0n) is 37.2. The van der Waals surface area contributed by atoms with Gasteiger partial charge in [0.05, 0.1) is 0 Å². The summed E-state index contributed by atoms with van der Waals surface area (Å²) in [6.45, 7) is -0.679. The number of anilines is 4. The Morgan fingerprint density at radius 3 is 1.12 bits per heavy atom. The fourth-order valence-corrected chi connectivity index (χ4v) is 26.3. The maximum absolute atomic E-state index is 16.7. The van der Waals surface area contributed by atoms with E-state index < -0.39 is 22.1 Å². The van der Waals surface area contributed by atoms with E-state index in [2.05, 4.69) is 240 Å². The van der Waals surface area contributed by atoms with Gasteiger partial charge in [0.25, 0.3) is 0 Å². The molecule has 0 aromatic heterocycles. The molecule has 0 fully saturated rings. The Kier molecular flexibility index (Phi) is 7.51. The molecular weight excluding hydrogens is 892 g/mol. The maximum Gasteiger partial charge on any atom is 0.377 e. The summed E-state index contributed by atoms with van der Waals surface area (Å²) in [6, 6.07) is 83.6. The van der Waals surface area contributed by atoms with Crippen LogP contribution in [-0.4, -0.2) is 21.2 Å². The average Bonchev–Trinajstić information content (AvgIpc) is 4.05. The Hall–Kier alpha value is -7.39. The number of para-hydroxylation sites is 2. The highest BCUT2D eigenvalue weighted by molar-refractivity contribution is 8.10. The molecule has 2 atom stereocenters. The molecule has 10 aromatic rings. The highest BCUT2D eigenvalue weighted by Gasteiger charge is 2.62. The first-order chi connectivity index (χ1) is 34.0. The molecule has 0 spiro atoms. The minimum absolute atomic E-state index is 0.339. The van der Waals surface area contributed by atoms with Gasteiger partial charge >= 0.3 is 13.1 Å². The Bertz CT molecular complexity index is 3790. The maximum atomic E-state index is 16.7. The first-order valence-corrected chi connectivity index (χ1v) is 29.4. The van der Waals surface area contributed by atoms with Crippen LogP contribution in [0.5, 0.6) is 0 Å². The molecule has 0 saturated carbocycles. The third kappa shape index (κ3) is 4.52. The van der Waals surface area contributed by atoms with Crippen LogP contribution in [0.3, 0.4) is 0 Å². The van der Waals surface area contributed by atoms with Crippen LogP contribution in [0.2, 0.25) is 0 Å². The molecule has 16 rings (SSSR count). The van der Waals surface area contributed by atoms with Gasteiger partial charge in [0.2, 0.25) is 0 Å². The summed E-state index contributed by atoms with van der Waals surface area (Å²) in [5.74, 6) is 0. The molecule has 9 heteroatoms. The van der Waals surface area contributed by atoms with Crippen molar-refractivity contribution in [3.8, 4) is 44.5 Å². The zero-order chi connectivity index (χ0) is 45.4. The lowest BCUT2D eigenvalue weighted by molar-refractivity contribution is 0.594. The van der Waals surface area contributed by atoms with Crippen LogP contribution in [0.1, 0.15) is 0 Å². The molecule has 6 aliphatic rings. The largest absolute Gasteiger partial charge is 0.377 e. The summed E-state index contributed by atoms with van der Waals surface area (Å²) >= 11 is 0. The van der Waals surface area contributed by atoms with Gasteiger partial charge in [-0.05, 0) is 89.3 Å². The van der Waals surface area contributed by atoms with Gasteiger partial charge in [-0.25, -0.2) is 0 Å². The number of hydrogen-bond donors (Lipinski definition) is 0. The SMILES string of the molecule is O=P12B3c4ccccc4-c4ccccc4N3c3cccc(c31)-c1cc([Si](c3ccccc3)(c3ccccc3)c3ccc4c(c3)-c3cccc5c3P4(=O)B3c4ccccc4-c4ccccc4N35)ccc12. The van der Waals surface area contributed by atoms with Crippen molar-refractivity contribution < 1.29 is 9.13 Å². The van der Waals surface area contributed by atoms with Gasteiger partial charge in [-0.3, -0.25) is 0 Å². The molecule has 10 aromatic carbocycles. The molecule has 4 nitrogen and oxygen atoms in total. The van der Waals surface area contributed by atoms with E-state index in [4.69, 9.17) is 0 Å². The van der Waals surface area contributed by atoms with Gasteiger partial charge in [-0.2, -0.15) is 0 Å². The van der Waals surface area contributed by atoms with E-state index in [0.29, 0.717) is 0 Å². The third-order valence-corrected chi connectivity index (χ3v) is 28.0. The Labute approximate surface area is 402 Å². The normalized spacial score (nSPS) is 18.6. The first kappa shape index (κ1) is 38.6. The van der Waals surface area contributed by atoms with Crippen molar-refractivity contribution in [2.75, 3.05) is 9.62 Å². The van der Waals surface area contributed by atoms with Crippen molar-refractivity contribution in [2.45, 2.75) is 0 Å². The molecular formula is C60H38B2N2O2P2Si. The molecule has 0 N–H and O–H groups in total. The highest BCUT2D eigenvalue weighted by atomic mass is 31.2. The van der Waals surface area contributed by atoms with E-state index in [9.17, 15) is 0 Å². The smallest absolute Gasteiger partial charge is 0.373 e. The summed E-state index contributed by atoms with van der Waals surface area (Å²) in [5.41, 5.74) is 15.5. The van der Waals surface area contributed by atoms with E-state index in [1.807, 2.05) is 0 Å². The van der Waals surface area contributed by atoms with Crippen LogP contribution in [-0.2, 0) is 9.13 Å². The van der Waals surface area contributed by atoms with Gasteiger partial charge in [0, 0.05) is 55.1 Å². The topological polar surface area (TPSA) is 40.6 Å². The fraction of sp³-hybridized carbons (Fsp3) is 0. The quantitative estimate of drug-likeness (QED) is 0.101. The minimum atomic E-state index is -3.26. The summed E-state index contributed by atoms with van der Waals surface area (Å²) in [6.07, 6.45) is 0. The number of nitrogens with zero attached hydrogens (tertiary/aromatic N) is 2. The number of hydrogen-bond acceptors (Lipinski definition) is 4. The van der Waals surface area contributed by atoms with E-state index in [-0.39, 0.29) is 13.1 Å². The Balaban J connectivity index is 0.942. The average molecular weight is 931 g/mol. The summed E-state index contributed by atoms with van der Waals surface area (Å²) in [4.78, 5) is 4.76. The number of fused-ring (bicyclic) bond motifs is 22. The molecule has 0 bridgehead atoms. The predicted molar refractivity (Wildman–Crippen MR) is 293 cm³/mol. The van der Waals surface area contributed by atoms with E-state index >= 15 is 9.13 Å². The molecule has 2 unspecified atom stereocenters. The lowest BCUT2D eigenvalue weighted by atomic mass is 9.69. The van der Waals surface area contributed by atoms with E-state index in [1.165, 1.54) is 31.9 Å².